The molecular formula is C18H11BrN4O. The Morgan fingerprint density at radius 2 is 1.71 bits per heavy atom. The van der Waals surface area contributed by atoms with Crippen LogP contribution in [-0.4, -0.2) is 25.5 Å². The molecule has 0 atom stereocenters. The van der Waals surface area contributed by atoms with E-state index in [2.05, 4.69) is 31.0 Å². The molecule has 0 aliphatic heterocycles. The van der Waals surface area contributed by atoms with Gasteiger partial charge in [-0.25, -0.2) is 14.6 Å². The third-order valence-electron chi connectivity index (χ3n) is 3.69. The highest BCUT2D eigenvalue weighted by atomic mass is 79.9. The van der Waals surface area contributed by atoms with Crippen LogP contribution in [0.2, 0.25) is 0 Å². The van der Waals surface area contributed by atoms with Crippen molar-refractivity contribution in [2.24, 2.45) is 0 Å². The predicted molar refractivity (Wildman–Crippen MR) is 94.2 cm³/mol. The van der Waals surface area contributed by atoms with Crippen molar-refractivity contribution in [3.8, 4) is 5.69 Å². The molecule has 0 spiro atoms. The van der Waals surface area contributed by atoms with Crippen LogP contribution in [0.15, 0.2) is 71.6 Å². The number of ketones is 1. The molecule has 0 fully saturated rings. The van der Waals surface area contributed by atoms with E-state index in [4.69, 9.17) is 0 Å². The molecule has 0 bridgehead atoms. The van der Waals surface area contributed by atoms with Gasteiger partial charge in [0.1, 0.15) is 12.0 Å². The fraction of sp³-hybridized carbons (Fsp3) is 0. The minimum atomic E-state index is -0.150. The second-order valence-electron chi connectivity index (χ2n) is 5.19. The first-order chi connectivity index (χ1) is 11.7. The maximum absolute atomic E-state index is 12.8. The van der Waals surface area contributed by atoms with E-state index in [1.54, 1.807) is 23.0 Å². The van der Waals surface area contributed by atoms with Crippen LogP contribution in [-0.2, 0) is 0 Å². The van der Waals surface area contributed by atoms with E-state index >= 15 is 0 Å². The van der Waals surface area contributed by atoms with Gasteiger partial charge < -0.3 is 0 Å². The molecule has 5 nitrogen and oxygen atoms in total. The van der Waals surface area contributed by atoms with Gasteiger partial charge in [0.25, 0.3) is 0 Å². The number of carbonyl (C=O) groups is 1. The summed E-state index contributed by atoms with van der Waals surface area (Å²) in [4.78, 5) is 21.3. The van der Waals surface area contributed by atoms with Gasteiger partial charge in [-0.05, 0) is 36.4 Å². The highest BCUT2D eigenvalue weighted by Crippen LogP contribution is 2.21. The minimum Gasteiger partial charge on any atom is -0.287 e. The smallest absolute Gasteiger partial charge is 0.212 e. The first kappa shape index (κ1) is 14.7. The average Bonchev–Trinajstić information content (AvgIpc) is 3.06. The van der Waals surface area contributed by atoms with Gasteiger partial charge >= 0.3 is 0 Å². The maximum Gasteiger partial charge on any atom is 0.212 e. The molecule has 0 N–H and O–H groups in total. The molecule has 116 valence electrons. The van der Waals surface area contributed by atoms with Gasteiger partial charge in [-0.15, -0.1) is 0 Å². The van der Waals surface area contributed by atoms with Crippen molar-refractivity contribution in [3.05, 3.63) is 82.9 Å². The average molecular weight is 379 g/mol. The fourth-order valence-electron chi connectivity index (χ4n) is 2.52. The van der Waals surface area contributed by atoms with Crippen LogP contribution in [0, 0.1) is 0 Å². The van der Waals surface area contributed by atoms with E-state index < -0.39 is 0 Å². The number of para-hydroxylation sites is 1. The van der Waals surface area contributed by atoms with E-state index in [-0.39, 0.29) is 5.78 Å². The summed E-state index contributed by atoms with van der Waals surface area (Å²) in [6, 6.07) is 16.9. The molecule has 2 aromatic heterocycles. The Bertz CT molecular complexity index is 1030. The van der Waals surface area contributed by atoms with Crippen molar-refractivity contribution in [1.82, 2.24) is 19.7 Å². The highest BCUT2D eigenvalue weighted by Gasteiger charge is 2.18. The van der Waals surface area contributed by atoms with Crippen molar-refractivity contribution in [2.45, 2.75) is 0 Å². The summed E-state index contributed by atoms with van der Waals surface area (Å²) in [5, 5.41) is 5.00. The summed E-state index contributed by atoms with van der Waals surface area (Å²) in [5.41, 5.74) is 2.42. The van der Waals surface area contributed by atoms with Crippen LogP contribution in [0.5, 0.6) is 0 Å². The Labute approximate surface area is 146 Å². The molecule has 4 aromatic rings. The van der Waals surface area contributed by atoms with Gasteiger partial charge in [0.2, 0.25) is 5.78 Å². The van der Waals surface area contributed by atoms with Crippen molar-refractivity contribution in [3.63, 3.8) is 0 Å². The molecule has 0 unspecified atom stereocenters. The minimum absolute atomic E-state index is 0.150. The molecule has 0 saturated heterocycles. The number of aromatic nitrogens is 4. The topological polar surface area (TPSA) is 60.7 Å². The number of fused-ring (bicyclic) bond motifs is 1. The molecule has 6 heteroatoms. The van der Waals surface area contributed by atoms with Gasteiger partial charge in [0.15, 0.2) is 5.65 Å². The van der Waals surface area contributed by atoms with Crippen molar-refractivity contribution < 1.29 is 4.79 Å². The van der Waals surface area contributed by atoms with Gasteiger partial charge in [-0.3, -0.25) is 4.79 Å². The Balaban J connectivity index is 1.84. The third kappa shape index (κ3) is 2.51. The van der Waals surface area contributed by atoms with Crippen LogP contribution in [0.25, 0.3) is 16.7 Å². The zero-order valence-corrected chi connectivity index (χ0v) is 14.0. The molecule has 0 aliphatic rings. The van der Waals surface area contributed by atoms with Crippen molar-refractivity contribution in [1.29, 1.82) is 0 Å². The Morgan fingerprint density at radius 1 is 0.958 bits per heavy atom. The zero-order valence-electron chi connectivity index (χ0n) is 12.4. The summed E-state index contributed by atoms with van der Waals surface area (Å²) in [6.45, 7) is 0. The predicted octanol–water partition coefficient (Wildman–Crippen LogP) is 3.81. The summed E-state index contributed by atoms with van der Waals surface area (Å²) < 4.78 is 2.62. The van der Waals surface area contributed by atoms with E-state index in [0.717, 1.165) is 10.2 Å². The first-order valence-electron chi connectivity index (χ1n) is 7.28. The molecule has 4 rings (SSSR count). The number of hydrogen-bond donors (Lipinski definition) is 0. The summed E-state index contributed by atoms with van der Waals surface area (Å²) in [6.07, 6.45) is 3.03. The Kier molecular flexibility index (Phi) is 3.66. The molecule has 0 radical (unpaired) electrons. The van der Waals surface area contributed by atoms with E-state index in [1.165, 1.54) is 6.33 Å². The SMILES string of the molecule is O=C(c1ccc(Br)cc1)c1ncnc2c1cnn2-c1ccccc1. The van der Waals surface area contributed by atoms with Crippen molar-refractivity contribution >= 4 is 32.7 Å². The van der Waals surface area contributed by atoms with Crippen LogP contribution in [0.4, 0.5) is 0 Å². The van der Waals surface area contributed by atoms with Crippen LogP contribution in [0.1, 0.15) is 16.1 Å². The lowest BCUT2D eigenvalue weighted by Crippen LogP contribution is -2.06. The first-order valence-corrected chi connectivity index (χ1v) is 8.08. The number of halogens is 1. The highest BCUT2D eigenvalue weighted by molar-refractivity contribution is 9.10. The summed E-state index contributed by atoms with van der Waals surface area (Å²) >= 11 is 3.37. The molecule has 2 aromatic carbocycles. The van der Waals surface area contributed by atoms with Gasteiger partial charge in [0, 0.05) is 10.0 Å². The Hall–Kier alpha value is -2.86. The van der Waals surface area contributed by atoms with Gasteiger partial charge in [0.05, 0.1) is 17.3 Å². The lowest BCUT2D eigenvalue weighted by Gasteiger charge is -2.04. The number of hydrogen-bond acceptors (Lipinski definition) is 4. The Morgan fingerprint density at radius 3 is 2.46 bits per heavy atom. The van der Waals surface area contributed by atoms with Crippen LogP contribution < -0.4 is 0 Å². The summed E-state index contributed by atoms with van der Waals surface area (Å²) in [5.74, 6) is -0.150. The van der Waals surface area contributed by atoms with Gasteiger partial charge in [-0.1, -0.05) is 34.1 Å². The van der Waals surface area contributed by atoms with Crippen molar-refractivity contribution in [2.75, 3.05) is 0 Å². The van der Waals surface area contributed by atoms with E-state index in [1.807, 2.05) is 42.5 Å². The molecular weight excluding hydrogens is 368 g/mol. The number of benzene rings is 2. The van der Waals surface area contributed by atoms with Crippen LogP contribution in [0.3, 0.4) is 0 Å². The van der Waals surface area contributed by atoms with Crippen LogP contribution >= 0.6 is 15.9 Å². The number of carbonyl (C=O) groups excluding carboxylic acids is 1. The summed E-state index contributed by atoms with van der Waals surface area (Å²) in [7, 11) is 0. The zero-order chi connectivity index (χ0) is 16.5. The van der Waals surface area contributed by atoms with Gasteiger partial charge in [-0.2, -0.15) is 5.10 Å². The second kappa shape index (κ2) is 5.98. The molecule has 0 amide bonds. The number of rotatable bonds is 3. The second-order valence-corrected chi connectivity index (χ2v) is 6.10. The molecule has 0 aliphatic carbocycles. The quantitative estimate of drug-likeness (QED) is 0.508. The molecule has 2 heterocycles. The normalized spacial score (nSPS) is 10.9. The largest absolute Gasteiger partial charge is 0.287 e. The van der Waals surface area contributed by atoms with E-state index in [0.29, 0.717) is 22.3 Å². The molecule has 24 heavy (non-hydrogen) atoms. The fourth-order valence-corrected chi connectivity index (χ4v) is 2.79. The number of nitrogens with zero attached hydrogens (tertiary/aromatic N) is 4. The van der Waals surface area contributed by atoms with E-state index in [9.17, 15) is 4.79 Å². The monoisotopic (exact) mass is 378 g/mol. The lowest BCUT2D eigenvalue weighted by molar-refractivity contribution is 0.103. The maximum atomic E-state index is 12.8. The third-order valence-corrected chi connectivity index (χ3v) is 4.22. The lowest BCUT2D eigenvalue weighted by atomic mass is 10.1. The standard InChI is InChI=1S/C18H11BrN4O/c19-13-8-6-12(7-9-13)17(24)16-15-10-22-23(18(15)21-11-20-16)14-4-2-1-3-5-14/h1-11H. The molecule has 0 saturated carbocycles.